The predicted octanol–water partition coefficient (Wildman–Crippen LogP) is 1.75. The van der Waals surface area contributed by atoms with Crippen molar-refractivity contribution < 1.29 is 27.3 Å². The molecule has 0 saturated carbocycles. The van der Waals surface area contributed by atoms with Gasteiger partial charge in [0, 0.05) is 17.7 Å². The first kappa shape index (κ1) is 21.0. The van der Waals surface area contributed by atoms with Gasteiger partial charge in [0.15, 0.2) is 5.76 Å². The number of hydrogen-bond donors (Lipinski definition) is 2. The maximum atomic E-state index is 12.9. The second-order valence-corrected chi connectivity index (χ2v) is 8.61. The Morgan fingerprint density at radius 3 is 2.06 bits per heavy atom. The lowest BCUT2D eigenvalue weighted by molar-refractivity contribution is -0.153. The summed E-state index contributed by atoms with van der Waals surface area (Å²) in [7, 11) is -4.47. The SMILES string of the molecule is O=C1C(n2c(-c3ccccc3)c(-c3ccccc3)oc2=O)C(CCO)N1CS(=O)(=O)O. The van der Waals surface area contributed by atoms with E-state index in [-0.39, 0.29) is 18.8 Å². The van der Waals surface area contributed by atoms with E-state index >= 15 is 0 Å². The predicted molar refractivity (Wildman–Crippen MR) is 112 cm³/mol. The van der Waals surface area contributed by atoms with Gasteiger partial charge in [-0.3, -0.25) is 13.9 Å². The molecule has 0 spiro atoms. The molecule has 1 fully saturated rings. The summed E-state index contributed by atoms with van der Waals surface area (Å²) in [5.41, 5.74) is 1.65. The van der Waals surface area contributed by atoms with Gasteiger partial charge in [-0.1, -0.05) is 60.7 Å². The molecule has 2 heterocycles. The zero-order valence-electron chi connectivity index (χ0n) is 16.3. The van der Waals surface area contributed by atoms with Crippen LogP contribution in [0.15, 0.2) is 69.9 Å². The Hall–Kier alpha value is -3.21. The van der Waals surface area contributed by atoms with Crippen LogP contribution in [0.2, 0.25) is 0 Å². The van der Waals surface area contributed by atoms with E-state index in [0.29, 0.717) is 16.8 Å². The lowest BCUT2D eigenvalue weighted by Gasteiger charge is -2.46. The summed E-state index contributed by atoms with van der Waals surface area (Å²) in [5.74, 6) is -2.06. The number of likely N-dealkylation sites (tertiary alicyclic amines) is 1. The van der Waals surface area contributed by atoms with Crippen molar-refractivity contribution in [1.82, 2.24) is 9.47 Å². The topological polar surface area (TPSA) is 130 Å². The van der Waals surface area contributed by atoms with Gasteiger partial charge in [-0.2, -0.15) is 8.42 Å². The Labute approximate surface area is 177 Å². The van der Waals surface area contributed by atoms with Crippen LogP contribution in [0.1, 0.15) is 12.5 Å². The van der Waals surface area contributed by atoms with Crippen LogP contribution in [0.25, 0.3) is 22.6 Å². The summed E-state index contributed by atoms with van der Waals surface area (Å²) in [6, 6.07) is 16.0. The van der Waals surface area contributed by atoms with Gasteiger partial charge in [0.05, 0.1) is 11.7 Å². The molecule has 162 valence electrons. The third-order valence-electron chi connectivity index (χ3n) is 5.23. The Morgan fingerprint density at radius 2 is 1.52 bits per heavy atom. The van der Waals surface area contributed by atoms with Gasteiger partial charge in [-0.05, 0) is 6.42 Å². The fraction of sp³-hybridized carbons (Fsp3) is 0.238. The highest BCUT2D eigenvalue weighted by molar-refractivity contribution is 7.85. The van der Waals surface area contributed by atoms with Crippen molar-refractivity contribution in [2.24, 2.45) is 0 Å². The van der Waals surface area contributed by atoms with Crippen LogP contribution in [0.5, 0.6) is 0 Å². The van der Waals surface area contributed by atoms with Crippen LogP contribution in [-0.4, -0.2) is 52.0 Å². The van der Waals surface area contributed by atoms with Gasteiger partial charge in [-0.15, -0.1) is 0 Å². The fourth-order valence-corrected chi connectivity index (χ4v) is 4.61. The van der Waals surface area contributed by atoms with Gasteiger partial charge >= 0.3 is 5.76 Å². The van der Waals surface area contributed by atoms with E-state index in [1.54, 1.807) is 48.5 Å². The molecule has 4 rings (SSSR count). The van der Waals surface area contributed by atoms with E-state index in [0.717, 1.165) is 4.90 Å². The number of carbonyl (C=O) groups excluding carboxylic acids is 1. The third kappa shape index (κ3) is 3.92. The Balaban J connectivity index is 1.88. The zero-order chi connectivity index (χ0) is 22.2. The number of aromatic nitrogens is 1. The molecule has 1 saturated heterocycles. The molecule has 1 aliphatic heterocycles. The summed E-state index contributed by atoms with van der Waals surface area (Å²) < 4.78 is 38.6. The van der Waals surface area contributed by atoms with Gasteiger partial charge in [0.2, 0.25) is 5.91 Å². The summed E-state index contributed by atoms with van der Waals surface area (Å²) >= 11 is 0. The zero-order valence-corrected chi connectivity index (χ0v) is 17.1. The number of hydrogen-bond acceptors (Lipinski definition) is 6. The maximum absolute atomic E-state index is 12.9. The molecule has 2 aromatic carbocycles. The summed E-state index contributed by atoms with van der Waals surface area (Å²) in [4.78, 5) is 26.7. The molecule has 2 unspecified atom stereocenters. The van der Waals surface area contributed by atoms with Gasteiger partial charge in [-0.25, -0.2) is 4.79 Å². The van der Waals surface area contributed by atoms with Crippen LogP contribution < -0.4 is 5.76 Å². The molecular weight excluding hydrogens is 424 g/mol. The quantitative estimate of drug-likeness (QED) is 0.419. The minimum absolute atomic E-state index is 0.0262. The molecule has 31 heavy (non-hydrogen) atoms. The molecule has 0 bridgehead atoms. The minimum Gasteiger partial charge on any atom is -0.407 e. The molecule has 2 N–H and O–H groups in total. The molecule has 10 heteroatoms. The van der Waals surface area contributed by atoms with Crippen molar-refractivity contribution >= 4 is 16.0 Å². The summed E-state index contributed by atoms with van der Waals surface area (Å²) in [6.45, 7) is -0.338. The smallest absolute Gasteiger partial charge is 0.407 e. The maximum Gasteiger partial charge on any atom is 0.420 e. The monoisotopic (exact) mass is 444 g/mol. The highest BCUT2D eigenvalue weighted by atomic mass is 32.2. The number of carbonyl (C=O) groups is 1. The molecule has 9 nitrogen and oxygen atoms in total. The number of oxazole rings is 1. The molecule has 2 atom stereocenters. The molecule has 0 radical (unpaired) electrons. The Kier molecular flexibility index (Phi) is 5.52. The average Bonchev–Trinajstić information content (AvgIpc) is 3.09. The molecule has 1 amide bonds. The number of nitrogens with zero attached hydrogens (tertiary/aromatic N) is 2. The Bertz CT molecular complexity index is 1250. The van der Waals surface area contributed by atoms with Gasteiger partial charge in [0.1, 0.15) is 11.9 Å². The van der Waals surface area contributed by atoms with Gasteiger partial charge < -0.3 is 14.4 Å². The molecule has 1 aromatic heterocycles. The molecule has 3 aromatic rings. The van der Waals surface area contributed by atoms with Crippen LogP contribution in [0.4, 0.5) is 0 Å². The molecule has 1 aliphatic rings. The number of rotatable bonds is 7. The third-order valence-corrected chi connectivity index (χ3v) is 5.84. The minimum atomic E-state index is -4.47. The lowest BCUT2D eigenvalue weighted by Crippen LogP contribution is -2.63. The van der Waals surface area contributed by atoms with Crippen molar-refractivity contribution in [1.29, 1.82) is 0 Å². The van der Waals surface area contributed by atoms with Crippen molar-refractivity contribution in [3.63, 3.8) is 0 Å². The van der Waals surface area contributed by atoms with Crippen molar-refractivity contribution in [3.8, 4) is 22.6 Å². The van der Waals surface area contributed by atoms with Crippen molar-refractivity contribution in [2.75, 3.05) is 12.5 Å². The second-order valence-electron chi connectivity index (χ2n) is 7.19. The lowest BCUT2D eigenvalue weighted by atomic mass is 9.92. The van der Waals surface area contributed by atoms with E-state index in [1.165, 1.54) is 4.57 Å². The van der Waals surface area contributed by atoms with E-state index < -0.39 is 39.7 Å². The summed E-state index contributed by atoms with van der Waals surface area (Å²) in [6.07, 6.45) is 0.0262. The van der Waals surface area contributed by atoms with E-state index in [1.807, 2.05) is 12.1 Å². The van der Waals surface area contributed by atoms with Crippen molar-refractivity contribution in [2.45, 2.75) is 18.5 Å². The van der Waals surface area contributed by atoms with Crippen LogP contribution >= 0.6 is 0 Å². The first-order chi connectivity index (χ1) is 14.8. The number of amides is 1. The summed E-state index contributed by atoms with van der Waals surface area (Å²) in [5, 5.41) is 9.45. The number of benzene rings is 2. The standard InChI is InChI=1S/C21H20N2O7S/c24-12-11-16-18(20(25)22(16)13-31(27,28)29)23-17(14-7-3-1-4-8-14)19(30-21(23)26)15-9-5-2-6-10-15/h1-10,16,18,24H,11-13H2,(H,27,28,29). The highest BCUT2D eigenvalue weighted by Crippen LogP contribution is 2.39. The van der Waals surface area contributed by atoms with E-state index in [2.05, 4.69) is 0 Å². The molecule has 0 aliphatic carbocycles. The Morgan fingerprint density at radius 1 is 0.935 bits per heavy atom. The first-order valence-corrected chi connectivity index (χ1v) is 11.2. The van der Waals surface area contributed by atoms with Crippen molar-refractivity contribution in [3.05, 3.63) is 71.2 Å². The molecular formula is C21H20N2O7S. The largest absolute Gasteiger partial charge is 0.420 e. The average molecular weight is 444 g/mol. The number of aliphatic hydroxyl groups excluding tert-OH is 1. The van der Waals surface area contributed by atoms with Gasteiger partial charge in [0.25, 0.3) is 10.1 Å². The normalized spacial score (nSPS) is 18.8. The van der Waals surface area contributed by atoms with E-state index in [4.69, 9.17) is 4.42 Å². The fourth-order valence-electron chi connectivity index (χ4n) is 3.94. The van der Waals surface area contributed by atoms with Crippen LogP contribution in [-0.2, 0) is 14.9 Å². The first-order valence-electron chi connectivity index (χ1n) is 9.54. The highest BCUT2D eigenvalue weighted by Gasteiger charge is 2.51. The second kappa shape index (κ2) is 8.14. The van der Waals surface area contributed by atoms with Crippen LogP contribution in [0, 0.1) is 0 Å². The number of aliphatic hydroxyl groups is 1. The van der Waals surface area contributed by atoms with Crippen LogP contribution in [0.3, 0.4) is 0 Å². The van der Waals surface area contributed by atoms with E-state index in [9.17, 15) is 27.7 Å². The number of β-lactam (4-membered cyclic amide) rings is 1.